The van der Waals surface area contributed by atoms with E-state index in [0.29, 0.717) is 10.0 Å². The van der Waals surface area contributed by atoms with Gasteiger partial charge in [0.25, 0.3) is 5.88 Å². The molecule has 0 spiro atoms. The second kappa shape index (κ2) is 5.62. The third kappa shape index (κ3) is 3.16. The van der Waals surface area contributed by atoms with Gasteiger partial charge in [-0.15, -0.1) is 0 Å². The molecule has 0 N–H and O–H groups in total. The van der Waals surface area contributed by atoms with E-state index >= 15 is 0 Å². The SMILES string of the molecule is COc1ncc(Br)c(/C=C/N(C)C)c1[N+](=O)[O-]. The highest BCUT2D eigenvalue weighted by atomic mass is 79.9. The zero-order valence-electron chi connectivity index (χ0n) is 9.68. The lowest BCUT2D eigenvalue weighted by molar-refractivity contribution is -0.386. The Morgan fingerprint density at radius 2 is 2.24 bits per heavy atom. The van der Waals surface area contributed by atoms with Crippen LogP contribution in [0, 0.1) is 10.1 Å². The average molecular weight is 302 g/mol. The summed E-state index contributed by atoms with van der Waals surface area (Å²) in [4.78, 5) is 16.1. The van der Waals surface area contributed by atoms with Crippen molar-refractivity contribution in [2.45, 2.75) is 0 Å². The van der Waals surface area contributed by atoms with Crippen molar-refractivity contribution in [3.8, 4) is 5.88 Å². The number of ether oxygens (including phenoxy) is 1. The summed E-state index contributed by atoms with van der Waals surface area (Å²) in [5.74, 6) is -0.00314. The number of halogens is 1. The van der Waals surface area contributed by atoms with Gasteiger partial charge in [0, 0.05) is 20.3 Å². The fourth-order valence-electron chi connectivity index (χ4n) is 1.18. The summed E-state index contributed by atoms with van der Waals surface area (Å²) in [6.07, 6.45) is 4.82. The molecule has 0 aromatic carbocycles. The zero-order chi connectivity index (χ0) is 13.0. The molecule has 0 radical (unpaired) electrons. The predicted octanol–water partition coefficient (Wildman–Crippen LogP) is 2.29. The van der Waals surface area contributed by atoms with Crippen LogP contribution in [0.25, 0.3) is 6.08 Å². The topological polar surface area (TPSA) is 68.5 Å². The van der Waals surface area contributed by atoms with Crippen molar-refractivity contribution in [3.05, 3.63) is 32.5 Å². The van der Waals surface area contributed by atoms with Crippen LogP contribution in [0.3, 0.4) is 0 Å². The molecule has 1 aromatic heterocycles. The first kappa shape index (κ1) is 13.4. The maximum atomic E-state index is 11.0. The van der Waals surface area contributed by atoms with Crippen molar-refractivity contribution in [1.82, 2.24) is 9.88 Å². The average Bonchev–Trinajstić information content (AvgIpc) is 2.26. The molecule has 7 heteroatoms. The first-order valence-corrected chi connectivity index (χ1v) is 5.48. The second-order valence-electron chi connectivity index (χ2n) is 3.41. The van der Waals surface area contributed by atoms with E-state index < -0.39 is 4.92 Å². The lowest BCUT2D eigenvalue weighted by atomic mass is 10.2. The van der Waals surface area contributed by atoms with Crippen LogP contribution < -0.4 is 4.74 Å². The standard InChI is InChI=1S/C10H12BrN3O3/c1-13(2)5-4-7-8(11)6-12-10(17-3)9(7)14(15)16/h4-6H,1-3H3/b5-4+. The summed E-state index contributed by atoms with van der Waals surface area (Å²) >= 11 is 3.24. The Kier molecular flexibility index (Phi) is 4.45. The molecule has 0 fully saturated rings. The van der Waals surface area contributed by atoms with Gasteiger partial charge >= 0.3 is 5.69 Å². The van der Waals surface area contributed by atoms with Crippen molar-refractivity contribution >= 4 is 27.7 Å². The number of hydrogen-bond acceptors (Lipinski definition) is 5. The smallest absolute Gasteiger partial charge is 0.339 e. The van der Waals surface area contributed by atoms with E-state index in [1.165, 1.54) is 13.3 Å². The van der Waals surface area contributed by atoms with E-state index in [0.717, 1.165) is 0 Å². The molecule has 92 valence electrons. The molecule has 0 unspecified atom stereocenters. The molecule has 0 atom stereocenters. The molecule has 0 aliphatic heterocycles. The van der Waals surface area contributed by atoms with E-state index in [1.807, 2.05) is 14.1 Å². The molecule has 0 aliphatic carbocycles. The number of rotatable bonds is 4. The van der Waals surface area contributed by atoms with Crippen LogP contribution >= 0.6 is 15.9 Å². The highest BCUT2D eigenvalue weighted by Gasteiger charge is 2.23. The fourth-order valence-corrected chi connectivity index (χ4v) is 1.60. The van der Waals surface area contributed by atoms with E-state index in [9.17, 15) is 10.1 Å². The Hall–Kier alpha value is -1.63. The summed E-state index contributed by atoms with van der Waals surface area (Å²) < 4.78 is 5.43. The van der Waals surface area contributed by atoms with Gasteiger partial charge in [-0.3, -0.25) is 10.1 Å². The summed E-state index contributed by atoms with van der Waals surface area (Å²) in [7, 11) is 5.01. The van der Waals surface area contributed by atoms with Crippen molar-refractivity contribution in [3.63, 3.8) is 0 Å². The summed E-state index contributed by atoms with van der Waals surface area (Å²) in [5, 5.41) is 11.0. The Morgan fingerprint density at radius 3 is 2.71 bits per heavy atom. The Morgan fingerprint density at radius 1 is 1.59 bits per heavy atom. The highest BCUT2D eigenvalue weighted by Crippen LogP contribution is 2.34. The maximum absolute atomic E-state index is 11.0. The third-order valence-electron chi connectivity index (χ3n) is 1.93. The Labute approximate surface area is 107 Å². The van der Waals surface area contributed by atoms with Gasteiger partial charge in [-0.2, -0.15) is 0 Å². The monoisotopic (exact) mass is 301 g/mol. The molecule has 0 saturated carbocycles. The quantitative estimate of drug-likeness (QED) is 0.630. The molecule has 0 amide bonds. The van der Waals surface area contributed by atoms with Gasteiger partial charge in [-0.25, -0.2) is 4.98 Å². The molecular formula is C10H12BrN3O3. The van der Waals surface area contributed by atoms with Gasteiger partial charge in [-0.05, 0) is 28.2 Å². The van der Waals surface area contributed by atoms with Gasteiger partial charge in [0.2, 0.25) is 0 Å². The van der Waals surface area contributed by atoms with Crippen LogP contribution in [0.1, 0.15) is 5.56 Å². The number of hydrogen-bond donors (Lipinski definition) is 0. The maximum Gasteiger partial charge on any atom is 0.339 e. The van der Waals surface area contributed by atoms with Crippen molar-refractivity contribution in [2.75, 3.05) is 21.2 Å². The predicted molar refractivity (Wildman–Crippen MR) is 67.9 cm³/mol. The fraction of sp³-hybridized carbons (Fsp3) is 0.300. The molecule has 0 saturated heterocycles. The molecule has 0 aliphatic rings. The molecular weight excluding hydrogens is 290 g/mol. The van der Waals surface area contributed by atoms with Crippen LogP contribution in [-0.2, 0) is 0 Å². The van der Waals surface area contributed by atoms with E-state index in [2.05, 4.69) is 20.9 Å². The summed E-state index contributed by atoms with van der Waals surface area (Å²) in [6, 6.07) is 0. The molecule has 6 nitrogen and oxygen atoms in total. The van der Waals surface area contributed by atoms with Crippen molar-refractivity contribution < 1.29 is 9.66 Å². The third-order valence-corrected chi connectivity index (χ3v) is 2.56. The Bertz CT molecular complexity index is 460. The normalized spacial score (nSPS) is 10.6. The number of nitro groups is 1. The van der Waals surface area contributed by atoms with Gasteiger partial charge < -0.3 is 9.64 Å². The number of pyridine rings is 1. The van der Waals surface area contributed by atoms with Crippen molar-refractivity contribution in [1.29, 1.82) is 0 Å². The molecule has 1 aromatic rings. The largest absolute Gasteiger partial charge is 0.476 e. The molecule has 1 rings (SSSR count). The van der Waals surface area contributed by atoms with Gasteiger partial charge in [0.05, 0.1) is 22.1 Å². The highest BCUT2D eigenvalue weighted by molar-refractivity contribution is 9.10. The molecule has 17 heavy (non-hydrogen) atoms. The van der Waals surface area contributed by atoms with Crippen molar-refractivity contribution in [2.24, 2.45) is 0 Å². The number of aromatic nitrogens is 1. The minimum atomic E-state index is -0.508. The lowest BCUT2D eigenvalue weighted by Gasteiger charge is -2.07. The Balaban J connectivity index is 3.39. The van der Waals surface area contributed by atoms with E-state index in [4.69, 9.17) is 4.74 Å². The van der Waals surface area contributed by atoms with E-state index in [1.54, 1.807) is 17.2 Å². The van der Waals surface area contributed by atoms with Crippen LogP contribution in [-0.4, -0.2) is 36.0 Å². The second-order valence-corrected chi connectivity index (χ2v) is 4.27. The zero-order valence-corrected chi connectivity index (χ0v) is 11.3. The first-order chi connectivity index (χ1) is 7.97. The lowest BCUT2D eigenvalue weighted by Crippen LogP contribution is -2.02. The summed E-state index contributed by atoms with van der Waals surface area (Å²) in [6.45, 7) is 0. The number of methoxy groups -OCH3 is 1. The van der Waals surface area contributed by atoms with E-state index in [-0.39, 0.29) is 11.6 Å². The first-order valence-electron chi connectivity index (χ1n) is 4.69. The molecule has 1 heterocycles. The minimum Gasteiger partial charge on any atom is -0.476 e. The van der Waals surface area contributed by atoms with Crippen LogP contribution in [0.5, 0.6) is 5.88 Å². The van der Waals surface area contributed by atoms with Gasteiger partial charge in [0.1, 0.15) is 0 Å². The molecule has 0 bridgehead atoms. The minimum absolute atomic E-state index is 0.00314. The summed E-state index contributed by atoms with van der Waals surface area (Å²) in [5.41, 5.74) is 0.274. The van der Waals surface area contributed by atoms with Gasteiger partial charge in [0.15, 0.2) is 0 Å². The van der Waals surface area contributed by atoms with Crippen LogP contribution in [0.4, 0.5) is 5.69 Å². The van der Waals surface area contributed by atoms with Crippen LogP contribution in [0.15, 0.2) is 16.9 Å². The number of nitrogens with zero attached hydrogens (tertiary/aromatic N) is 3. The van der Waals surface area contributed by atoms with Gasteiger partial charge in [-0.1, -0.05) is 0 Å². The van der Waals surface area contributed by atoms with Crippen LogP contribution in [0.2, 0.25) is 0 Å².